The molecule has 0 saturated carbocycles. The molecule has 2 amide bonds. The molecule has 0 unspecified atom stereocenters. The van der Waals surface area contributed by atoms with Gasteiger partial charge in [0.15, 0.2) is 0 Å². The molecule has 1 atom stereocenters. The van der Waals surface area contributed by atoms with Crippen molar-refractivity contribution in [2.75, 3.05) is 12.0 Å². The van der Waals surface area contributed by atoms with Crippen LogP contribution in [0.5, 0.6) is 0 Å². The zero-order valence-corrected chi connectivity index (χ0v) is 13.3. The number of rotatable bonds is 8. The Morgan fingerprint density at radius 1 is 1.40 bits per heavy atom. The molecule has 3 N–H and O–H groups in total. The fourth-order valence-electron chi connectivity index (χ4n) is 1.58. The second-order valence-corrected chi connectivity index (χ2v) is 6.46. The lowest BCUT2D eigenvalue weighted by Gasteiger charge is -2.14. The molecular formula is C13H20N2O3S2. The lowest BCUT2D eigenvalue weighted by molar-refractivity contribution is -0.139. The zero-order valence-electron chi connectivity index (χ0n) is 11.6. The van der Waals surface area contributed by atoms with E-state index in [-0.39, 0.29) is 0 Å². The predicted molar refractivity (Wildman–Crippen MR) is 83.5 cm³/mol. The maximum Gasteiger partial charge on any atom is 0.326 e. The Hall–Kier alpha value is -1.21. The van der Waals surface area contributed by atoms with E-state index in [1.807, 2.05) is 18.4 Å². The summed E-state index contributed by atoms with van der Waals surface area (Å²) >= 11 is 3.21. The maximum atomic E-state index is 11.7. The normalized spacial score (nSPS) is 11.9. The van der Waals surface area contributed by atoms with E-state index in [9.17, 15) is 9.59 Å². The Morgan fingerprint density at radius 3 is 2.65 bits per heavy atom. The number of amides is 2. The van der Waals surface area contributed by atoms with E-state index in [1.165, 1.54) is 4.88 Å². The summed E-state index contributed by atoms with van der Waals surface area (Å²) in [7, 11) is 0. The molecule has 0 aromatic carbocycles. The fraction of sp³-hybridized carbons (Fsp3) is 0.538. The van der Waals surface area contributed by atoms with Gasteiger partial charge in [-0.1, -0.05) is 6.92 Å². The second-order valence-electron chi connectivity index (χ2n) is 4.22. The Kier molecular flexibility index (Phi) is 7.46. The number of carboxylic acids is 1. The minimum Gasteiger partial charge on any atom is -0.480 e. The summed E-state index contributed by atoms with van der Waals surface area (Å²) in [6.07, 6.45) is 3.30. The second kappa shape index (κ2) is 8.86. The minimum absolute atomic E-state index is 0.420. The zero-order chi connectivity index (χ0) is 15.0. The Balaban J connectivity index is 2.39. The molecular weight excluding hydrogens is 296 g/mol. The summed E-state index contributed by atoms with van der Waals surface area (Å²) in [5, 5.41) is 14.2. The molecule has 0 aliphatic rings. The number of carbonyl (C=O) groups excluding carboxylic acids is 1. The Bertz CT molecular complexity index is 449. The number of thiophene rings is 1. The quantitative estimate of drug-likeness (QED) is 0.688. The molecule has 0 bridgehead atoms. The molecule has 0 aliphatic heterocycles. The summed E-state index contributed by atoms with van der Waals surface area (Å²) < 4.78 is 0. The number of hydrogen-bond donors (Lipinski definition) is 3. The summed E-state index contributed by atoms with van der Waals surface area (Å²) in [6.45, 7) is 2.50. The van der Waals surface area contributed by atoms with Crippen LogP contribution in [-0.4, -0.2) is 35.2 Å². The van der Waals surface area contributed by atoms with Crippen molar-refractivity contribution in [1.82, 2.24) is 10.6 Å². The Morgan fingerprint density at radius 2 is 2.10 bits per heavy atom. The molecule has 112 valence electrons. The highest BCUT2D eigenvalue weighted by molar-refractivity contribution is 7.98. The van der Waals surface area contributed by atoms with Crippen molar-refractivity contribution in [1.29, 1.82) is 0 Å². The van der Waals surface area contributed by atoms with Gasteiger partial charge in [0.25, 0.3) is 0 Å². The lowest BCUT2D eigenvalue weighted by atomic mass is 10.2. The van der Waals surface area contributed by atoms with Crippen LogP contribution in [0.4, 0.5) is 4.79 Å². The molecule has 0 saturated heterocycles. The molecule has 20 heavy (non-hydrogen) atoms. The van der Waals surface area contributed by atoms with E-state index in [0.29, 0.717) is 18.7 Å². The first kappa shape index (κ1) is 16.8. The van der Waals surface area contributed by atoms with Crippen molar-refractivity contribution in [3.8, 4) is 0 Å². The monoisotopic (exact) mass is 316 g/mol. The minimum atomic E-state index is -1.00. The van der Waals surface area contributed by atoms with Gasteiger partial charge in [-0.05, 0) is 37.0 Å². The number of nitrogens with one attached hydrogen (secondary N) is 2. The number of thioether (sulfide) groups is 1. The molecule has 5 nitrogen and oxygen atoms in total. The third-order valence-electron chi connectivity index (χ3n) is 2.70. The summed E-state index contributed by atoms with van der Waals surface area (Å²) in [4.78, 5) is 25.0. The molecule has 0 fully saturated rings. The molecule has 0 aliphatic carbocycles. The van der Waals surface area contributed by atoms with Crippen LogP contribution in [0.25, 0.3) is 0 Å². The summed E-state index contributed by atoms with van der Waals surface area (Å²) in [5.74, 6) is -0.305. The van der Waals surface area contributed by atoms with Crippen LogP contribution in [0.15, 0.2) is 12.1 Å². The molecule has 1 aromatic rings. The first-order valence-electron chi connectivity index (χ1n) is 6.40. The molecule has 0 spiro atoms. The highest BCUT2D eigenvalue weighted by Gasteiger charge is 2.19. The summed E-state index contributed by atoms with van der Waals surface area (Å²) in [6, 6.07) is 2.74. The SMILES string of the molecule is CCc1ccc(CNC(=O)N[C@H](CCSC)C(=O)O)s1. The van der Waals surface area contributed by atoms with Gasteiger partial charge in [-0.15, -0.1) is 11.3 Å². The maximum absolute atomic E-state index is 11.7. The molecule has 1 rings (SSSR count). The van der Waals surface area contributed by atoms with Crippen molar-refractivity contribution in [3.63, 3.8) is 0 Å². The summed E-state index contributed by atoms with van der Waals surface area (Å²) in [5.41, 5.74) is 0. The lowest BCUT2D eigenvalue weighted by Crippen LogP contribution is -2.46. The van der Waals surface area contributed by atoms with Gasteiger partial charge in [0, 0.05) is 9.75 Å². The van der Waals surface area contributed by atoms with Crippen molar-refractivity contribution >= 4 is 35.1 Å². The average Bonchev–Trinajstić information content (AvgIpc) is 2.88. The highest BCUT2D eigenvalue weighted by atomic mass is 32.2. The van der Waals surface area contributed by atoms with Crippen LogP contribution in [0.3, 0.4) is 0 Å². The van der Waals surface area contributed by atoms with Crippen LogP contribution < -0.4 is 10.6 Å². The first-order chi connectivity index (χ1) is 9.56. The van der Waals surface area contributed by atoms with Crippen LogP contribution in [-0.2, 0) is 17.8 Å². The van der Waals surface area contributed by atoms with Crippen LogP contribution in [0.2, 0.25) is 0 Å². The van der Waals surface area contributed by atoms with Crippen molar-refractivity contribution < 1.29 is 14.7 Å². The van der Waals surface area contributed by atoms with Crippen LogP contribution >= 0.6 is 23.1 Å². The molecule has 7 heteroatoms. The molecule has 1 heterocycles. The smallest absolute Gasteiger partial charge is 0.326 e. The van der Waals surface area contributed by atoms with E-state index < -0.39 is 18.0 Å². The van der Waals surface area contributed by atoms with Gasteiger partial charge in [-0.2, -0.15) is 11.8 Å². The van der Waals surface area contributed by atoms with E-state index in [2.05, 4.69) is 17.6 Å². The van der Waals surface area contributed by atoms with Gasteiger partial charge < -0.3 is 15.7 Å². The van der Waals surface area contributed by atoms with Crippen molar-refractivity contribution in [2.24, 2.45) is 0 Å². The van der Waals surface area contributed by atoms with Crippen molar-refractivity contribution in [2.45, 2.75) is 32.4 Å². The molecule has 1 aromatic heterocycles. The van der Waals surface area contributed by atoms with Crippen LogP contribution in [0.1, 0.15) is 23.1 Å². The molecule has 0 radical (unpaired) electrons. The largest absolute Gasteiger partial charge is 0.480 e. The number of aliphatic carboxylic acids is 1. The highest BCUT2D eigenvalue weighted by Crippen LogP contribution is 2.16. The van der Waals surface area contributed by atoms with E-state index in [1.54, 1.807) is 23.1 Å². The average molecular weight is 316 g/mol. The van der Waals surface area contributed by atoms with E-state index in [4.69, 9.17) is 5.11 Å². The number of carbonyl (C=O) groups is 2. The van der Waals surface area contributed by atoms with Gasteiger partial charge in [-0.25, -0.2) is 9.59 Å². The Labute approximate surface area is 127 Å². The van der Waals surface area contributed by atoms with Gasteiger partial charge in [0.2, 0.25) is 0 Å². The standard InChI is InChI=1S/C13H20N2O3S2/c1-3-9-4-5-10(20-9)8-14-13(18)15-11(12(16)17)6-7-19-2/h4-5,11H,3,6-8H2,1-2H3,(H,16,17)(H2,14,15,18)/t11-/m1/s1. The first-order valence-corrected chi connectivity index (χ1v) is 8.61. The number of aryl methyl sites for hydroxylation is 1. The van der Waals surface area contributed by atoms with Gasteiger partial charge >= 0.3 is 12.0 Å². The fourth-order valence-corrected chi connectivity index (χ4v) is 2.95. The number of urea groups is 1. The van der Waals surface area contributed by atoms with Crippen molar-refractivity contribution in [3.05, 3.63) is 21.9 Å². The topological polar surface area (TPSA) is 78.4 Å². The third kappa shape index (κ3) is 5.83. The van der Waals surface area contributed by atoms with Gasteiger partial charge in [-0.3, -0.25) is 0 Å². The number of carboxylic acid groups (broad SMARTS) is 1. The van der Waals surface area contributed by atoms with Gasteiger partial charge in [0.05, 0.1) is 6.54 Å². The predicted octanol–water partition coefficient (Wildman–Crippen LogP) is 2.32. The van der Waals surface area contributed by atoms with E-state index >= 15 is 0 Å². The van der Waals surface area contributed by atoms with Crippen LogP contribution in [0, 0.1) is 0 Å². The number of hydrogen-bond acceptors (Lipinski definition) is 4. The van der Waals surface area contributed by atoms with Gasteiger partial charge in [0.1, 0.15) is 6.04 Å². The van der Waals surface area contributed by atoms with E-state index in [0.717, 1.165) is 11.3 Å². The third-order valence-corrected chi connectivity index (χ3v) is 4.58.